The van der Waals surface area contributed by atoms with Crippen LogP contribution in [0.5, 0.6) is 0 Å². The number of hydrogen-bond acceptors (Lipinski definition) is 2. The molecule has 0 amide bonds. The summed E-state index contributed by atoms with van der Waals surface area (Å²) in [5.41, 5.74) is 0. The van der Waals surface area contributed by atoms with E-state index in [4.69, 9.17) is 0 Å². The molecule has 0 aliphatic rings. The van der Waals surface area contributed by atoms with Gasteiger partial charge in [0.05, 0.1) is 0 Å². The Morgan fingerprint density at radius 2 is 1.05 bits per heavy atom. The number of fused-ring (bicyclic) bond motifs is 3. The molecule has 0 aliphatic heterocycles. The van der Waals surface area contributed by atoms with Crippen molar-refractivity contribution >= 4 is 113 Å². The van der Waals surface area contributed by atoms with Gasteiger partial charge in [-0.25, -0.2) is 0 Å². The summed E-state index contributed by atoms with van der Waals surface area (Å²) in [7, 11) is -2.58. The Morgan fingerprint density at radius 1 is 0.714 bits per heavy atom. The van der Waals surface area contributed by atoms with Crippen molar-refractivity contribution in [3.63, 3.8) is 0 Å². The zero-order valence-corrected chi connectivity index (χ0v) is 21.5. The Labute approximate surface area is 159 Å². The van der Waals surface area contributed by atoms with Crippen molar-refractivity contribution in [2.75, 3.05) is 0 Å². The predicted octanol–water partition coefficient (Wildman–Crippen LogP) is 5.79. The number of thiophene rings is 2. The number of hydrogen-bond donors (Lipinski definition) is 0. The van der Waals surface area contributed by atoms with Crippen molar-refractivity contribution in [1.82, 2.24) is 0 Å². The summed E-state index contributed by atoms with van der Waals surface area (Å²) in [4.78, 5) is 0. The van der Waals surface area contributed by atoms with Gasteiger partial charge in [0.1, 0.15) is 0 Å². The molecular weight excluding hydrogens is 527 g/mol. The first kappa shape index (κ1) is 17.1. The second-order valence-corrected chi connectivity index (χ2v) is 24.2. The van der Waals surface area contributed by atoms with Gasteiger partial charge in [0.15, 0.2) is 0 Å². The molecule has 0 spiro atoms. The van der Waals surface area contributed by atoms with E-state index in [0.29, 0.717) is 14.5 Å². The van der Waals surface area contributed by atoms with Gasteiger partial charge < -0.3 is 0 Å². The molecule has 0 nitrogen and oxygen atoms in total. The summed E-state index contributed by atoms with van der Waals surface area (Å²) in [6, 6.07) is 0. The molecule has 3 aromatic heterocycles. The summed E-state index contributed by atoms with van der Waals surface area (Å²) >= 11 is 12.2. The molecule has 3 rings (SSSR count). The van der Waals surface area contributed by atoms with Crippen LogP contribution in [0.1, 0.15) is 0 Å². The number of rotatable bonds is 2. The molecule has 0 N–H and O–H groups in total. The molecular formula is C14H18Br2S2SeSi2. The molecule has 0 fully saturated rings. The van der Waals surface area contributed by atoms with E-state index in [2.05, 4.69) is 71.1 Å². The van der Waals surface area contributed by atoms with Gasteiger partial charge in [-0.15, -0.1) is 0 Å². The van der Waals surface area contributed by atoms with E-state index in [-0.39, 0.29) is 0 Å². The van der Waals surface area contributed by atoms with Crippen molar-refractivity contribution in [2.24, 2.45) is 0 Å². The van der Waals surface area contributed by atoms with Crippen molar-refractivity contribution in [2.45, 2.75) is 39.3 Å². The quantitative estimate of drug-likeness (QED) is 0.358. The van der Waals surface area contributed by atoms with Crippen LogP contribution in [0.3, 0.4) is 0 Å². The van der Waals surface area contributed by atoms with Gasteiger partial charge in [0.2, 0.25) is 0 Å². The molecule has 0 bridgehead atoms. The van der Waals surface area contributed by atoms with Crippen LogP contribution in [0, 0.1) is 0 Å². The molecule has 0 radical (unpaired) electrons. The second kappa shape index (κ2) is 5.41. The normalized spacial score (nSPS) is 13.7. The van der Waals surface area contributed by atoms with E-state index < -0.39 is 16.1 Å². The summed E-state index contributed by atoms with van der Waals surface area (Å²) in [5, 5.41) is 3.37. The van der Waals surface area contributed by atoms with E-state index in [1.165, 1.54) is 7.57 Å². The minimum atomic E-state index is -1.29. The summed E-state index contributed by atoms with van der Waals surface area (Å²) in [6.07, 6.45) is 0. The predicted molar refractivity (Wildman–Crippen MR) is 116 cm³/mol. The van der Waals surface area contributed by atoms with Crippen molar-refractivity contribution < 1.29 is 0 Å². The zero-order chi connectivity index (χ0) is 15.7. The monoisotopic (exact) mass is 544 g/mol. The third-order valence-corrected chi connectivity index (χ3v) is 16.5. The molecule has 0 aliphatic carbocycles. The fourth-order valence-corrected chi connectivity index (χ4v) is 23.1. The summed E-state index contributed by atoms with van der Waals surface area (Å²) in [6.45, 7) is 14.8. The van der Waals surface area contributed by atoms with Crippen molar-refractivity contribution in [3.05, 3.63) is 7.57 Å². The van der Waals surface area contributed by atoms with Gasteiger partial charge in [-0.2, -0.15) is 0 Å². The van der Waals surface area contributed by atoms with Crippen molar-refractivity contribution in [3.8, 4) is 0 Å². The Morgan fingerprint density at radius 3 is 1.33 bits per heavy atom. The van der Waals surface area contributed by atoms with Crippen LogP contribution in [0.2, 0.25) is 39.3 Å². The van der Waals surface area contributed by atoms with Crippen LogP contribution < -0.4 is 10.4 Å². The van der Waals surface area contributed by atoms with Gasteiger partial charge in [-0.3, -0.25) is 0 Å². The van der Waals surface area contributed by atoms with Gasteiger partial charge in [-0.05, 0) is 0 Å². The standard InChI is InChI=1S/C14H18Br2S2SeSi2/c1-20(2,3)11-9-7(17-13(11)15)8-10(19-9)12(14(16)18-8)21(4,5)6/h1-6H3. The van der Waals surface area contributed by atoms with Gasteiger partial charge in [0.25, 0.3) is 0 Å². The first-order chi connectivity index (χ1) is 9.51. The Bertz CT molecular complexity index is 778. The molecule has 7 heteroatoms. The van der Waals surface area contributed by atoms with Crippen LogP contribution >= 0.6 is 54.5 Å². The maximum absolute atomic E-state index is 3.86. The molecule has 3 aromatic rings. The third kappa shape index (κ3) is 2.80. The molecule has 114 valence electrons. The molecule has 0 saturated carbocycles. The molecule has 21 heavy (non-hydrogen) atoms. The zero-order valence-electron chi connectivity index (χ0n) is 13.0. The molecule has 0 atom stereocenters. The Balaban J connectivity index is 2.44. The molecule has 0 saturated heterocycles. The third-order valence-electron chi connectivity index (χ3n) is 3.55. The number of halogens is 2. The van der Waals surface area contributed by atoms with E-state index in [9.17, 15) is 0 Å². The van der Waals surface area contributed by atoms with Crippen LogP contribution in [-0.2, 0) is 0 Å². The van der Waals surface area contributed by atoms with Gasteiger partial charge in [0, 0.05) is 0 Å². The van der Waals surface area contributed by atoms with Crippen LogP contribution in [-0.4, -0.2) is 30.7 Å². The Kier molecular flexibility index (Phi) is 4.42. The molecule has 0 aromatic carbocycles. The molecule has 0 unspecified atom stereocenters. The topological polar surface area (TPSA) is 0 Å². The minimum absolute atomic E-state index is 0.501. The average molecular weight is 545 g/mol. The van der Waals surface area contributed by atoms with E-state index >= 15 is 0 Å². The summed E-state index contributed by atoms with van der Waals surface area (Å²) < 4.78 is 9.35. The van der Waals surface area contributed by atoms with Gasteiger partial charge in [-0.1, -0.05) is 0 Å². The fraction of sp³-hybridized carbons (Fsp3) is 0.429. The fourth-order valence-electron chi connectivity index (χ4n) is 2.65. The maximum atomic E-state index is 3.86. The van der Waals surface area contributed by atoms with Crippen molar-refractivity contribution in [1.29, 1.82) is 0 Å². The SMILES string of the molecule is C[Si](C)(C)c1c(Br)sc2c1[se]c1c([Si](C)(C)C)c(Br)sc12. The molecule has 3 heterocycles. The van der Waals surface area contributed by atoms with E-state index in [1.807, 2.05) is 22.7 Å². The Hall–Kier alpha value is 1.31. The van der Waals surface area contributed by atoms with Crippen LogP contribution in [0.15, 0.2) is 7.57 Å². The second-order valence-electron chi connectivity index (χ2n) is 7.42. The van der Waals surface area contributed by atoms with Crippen LogP contribution in [0.25, 0.3) is 17.9 Å². The van der Waals surface area contributed by atoms with Crippen LogP contribution in [0.4, 0.5) is 0 Å². The van der Waals surface area contributed by atoms with E-state index in [0.717, 1.165) is 0 Å². The average Bonchev–Trinajstić information content (AvgIpc) is 2.82. The summed E-state index contributed by atoms with van der Waals surface area (Å²) in [5.74, 6) is 0. The first-order valence-corrected chi connectivity index (χ1v) is 18.8. The first-order valence-electron chi connectivity index (χ1n) is 6.85. The van der Waals surface area contributed by atoms with E-state index in [1.54, 1.807) is 28.3 Å². The van der Waals surface area contributed by atoms with Gasteiger partial charge >= 0.3 is 160 Å².